The number of nitrogens with two attached hydrogens (primary N) is 1. The van der Waals surface area contributed by atoms with Gasteiger partial charge in [-0.15, -0.1) is 0 Å². The predicted molar refractivity (Wildman–Crippen MR) is 74.9 cm³/mol. The van der Waals surface area contributed by atoms with Crippen LogP contribution in [0.5, 0.6) is 0 Å². The highest BCUT2D eigenvalue weighted by Crippen LogP contribution is 2.27. The summed E-state index contributed by atoms with van der Waals surface area (Å²) in [6, 6.07) is 6.44. The zero-order valence-corrected chi connectivity index (χ0v) is 12.1. The summed E-state index contributed by atoms with van der Waals surface area (Å²) >= 11 is 3.58. The third kappa shape index (κ3) is 3.49. The Morgan fingerprint density at radius 2 is 1.94 bits per heavy atom. The summed E-state index contributed by atoms with van der Waals surface area (Å²) in [5.74, 6) is 0.664. The molecular formula is C13H21BrN2. The summed E-state index contributed by atoms with van der Waals surface area (Å²) < 4.78 is 1.09. The summed E-state index contributed by atoms with van der Waals surface area (Å²) in [6.07, 6.45) is 0. The number of benzene rings is 1. The number of hydrogen-bond acceptors (Lipinski definition) is 2. The van der Waals surface area contributed by atoms with Crippen LogP contribution in [0.3, 0.4) is 0 Å². The molecule has 1 aromatic rings. The van der Waals surface area contributed by atoms with Crippen molar-refractivity contribution in [3.63, 3.8) is 0 Å². The molecule has 0 heterocycles. The fraction of sp³-hybridized carbons (Fsp3) is 0.538. The highest BCUT2D eigenvalue weighted by Gasteiger charge is 2.08. The molecule has 0 aliphatic heterocycles. The van der Waals surface area contributed by atoms with E-state index in [1.165, 1.54) is 5.69 Å². The van der Waals surface area contributed by atoms with Gasteiger partial charge >= 0.3 is 0 Å². The Morgan fingerprint density at radius 3 is 2.38 bits per heavy atom. The van der Waals surface area contributed by atoms with Crippen molar-refractivity contribution in [2.75, 3.05) is 18.5 Å². The number of halogens is 1. The van der Waals surface area contributed by atoms with Crippen LogP contribution in [0.4, 0.5) is 5.69 Å². The normalized spacial score (nSPS) is 12.9. The van der Waals surface area contributed by atoms with Gasteiger partial charge in [-0.25, -0.2) is 0 Å². The Balaban J connectivity index is 2.88. The van der Waals surface area contributed by atoms with E-state index in [4.69, 9.17) is 5.73 Å². The lowest BCUT2D eigenvalue weighted by atomic mass is 10.1. The summed E-state index contributed by atoms with van der Waals surface area (Å²) in [4.78, 5) is 2.26. The largest absolute Gasteiger partial charge is 0.374 e. The van der Waals surface area contributed by atoms with E-state index in [0.29, 0.717) is 5.92 Å². The van der Waals surface area contributed by atoms with Crippen LogP contribution in [0, 0.1) is 5.92 Å². The van der Waals surface area contributed by atoms with Crippen LogP contribution >= 0.6 is 15.9 Å². The molecule has 1 unspecified atom stereocenters. The maximum atomic E-state index is 5.88. The minimum absolute atomic E-state index is 0.0684. The number of hydrogen-bond donors (Lipinski definition) is 1. The maximum absolute atomic E-state index is 5.88. The summed E-state index contributed by atoms with van der Waals surface area (Å²) in [5, 5.41) is 0. The molecular weight excluding hydrogens is 264 g/mol. The van der Waals surface area contributed by atoms with E-state index >= 15 is 0 Å². The summed E-state index contributed by atoms with van der Waals surface area (Å²) in [7, 11) is 2.12. The molecule has 1 rings (SSSR count). The molecule has 0 saturated heterocycles. The summed E-state index contributed by atoms with van der Waals surface area (Å²) in [6.45, 7) is 7.51. The molecule has 1 aromatic carbocycles. The quantitative estimate of drug-likeness (QED) is 0.916. The third-order valence-corrected chi connectivity index (χ3v) is 3.24. The smallest absolute Gasteiger partial charge is 0.0375 e. The van der Waals surface area contributed by atoms with Crippen molar-refractivity contribution >= 4 is 21.6 Å². The molecule has 0 amide bonds. The maximum Gasteiger partial charge on any atom is 0.0375 e. The standard InChI is InChI=1S/C13H21BrN2/c1-9(2)8-16(4)11-5-6-12(10(3)15)13(14)7-11/h5-7,9-10H,8,15H2,1-4H3. The van der Waals surface area contributed by atoms with Crippen LogP contribution in [0.15, 0.2) is 22.7 Å². The SMILES string of the molecule is CC(C)CN(C)c1ccc(C(C)N)c(Br)c1. The summed E-state index contributed by atoms with van der Waals surface area (Å²) in [5.41, 5.74) is 8.26. The molecule has 0 saturated carbocycles. The highest BCUT2D eigenvalue weighted by molar-refractivity contribution is 9.10. The molecule has 0 aliphatic rings. The first-order valence-electron chi connectivity index (χ1n) is 5.68. The zero-order chi connectivity index (χ0) is 12.3. The van der Waals surface area contributed by atoms with E-state index in [0.717, 1.165) is 16.6 Å². The Hall–Kier alpha value is -0.540. The first kappa shape index (κ1) is 13.5. The van der Waals surface area contributed by atoms with Gasteiger partial charge in [-0.1, -0.05) is 35.8 Å². The molecule has 90 valence electrons. The average molecular weight is 285 g/mol. The Bertz CT molecular complexity index is 348. The lowest BCUT2D eigenvalue weighted by Gasteiger charge is -2.22. The third-order valence-electron chi connectivity index (χ3n) is 2.55. The monoisotopic (exact) mass is 284 g/mol. The van der Waals surface area contributed by atoms with E-state index in [2.05, 4.69) is 59.9 Å². The Labute approximate surface area is 107 Å². The number of anilines is 1. The van der Waals surface area contributed by atoms with Crippen molar-refractivity contribution < 1.29 is 0 Å². The zero-order valence-electron chi connectivity index (χ0n) is 10.5. The molecule has 0 aromatic heterocycles. The van der Waals surface area contributed by atoms with Crippen LogP contribution in [0.1, 0.15) is 32.4 Å². The molecule has 1 atom stereocenters. The van der Waals surface area contributed by atoms with Gasteiger partial charge in [0.05, 0.1) is 0 Å². The van der Waals surface area contributed by atoms with Crippen LogP contribution in [0.2, 0.25) is 0 Å². The van der Waals surface area contributed by atoms with Gasteiger partial charge in [-0.05, 0) is 30.5 Å². The van der Waals surface area contributed by atoms with Crippen molar-refractivity contribution in [3.8, 4) is 0 Å². The lowest BCUT2D eigenvalue weighted by Crippen LogP contribution is -2.22. The van der Waals surface area contributed by atoms with E-state index in [1.54, 1.807) is 0 Å². The van der Waals surface area contributed by atoms with Crippen molar-refractivity contribution in [1.29, 1.82) is 0 Å². The second-order valence-corrected chi connectivity index (χ2v) is 5.62. The van der Waals surface area contributed by atoms with Crippen molar-refractivity contribution in [3.05, 3.63) is 28.2 Å². The molecule has 2 nitrogen and oxygen atoms in total. The van der Waals surface area contributed by atoms with Crippen LogP contribution in [-0.4, -0.2) is 13.6 Å². The topological polar surface area (TPSA) is 29.3 Å². The molecule has 0 radical (unpaired) electrons. The second kappa shape index (κ2) is 5.69. The van der Waals surface area contributed by atoms with Gasteiger partial charge < -0.3 is 10.6 Å². The highest BCUT2D eigenvalue weighted by atomic mass is 79.9. The van der Waals surface area contributed by atoms with Crippen LogP contribution < -0.4 is 10.6 Å². The van der Waals surface area contributed by atoms with Gasteiger partial charge in [0.25, 0.3) is 0 Å². The lowest BCUT2D eigenvalue weighted by molar-refractivity contribution is 0.638. The number of nitrogens with zero attached hydrogens (tertiary/aromatic N) is 1. The number of rotatable bonds is 4. The molecule has 16 heavy (non-hydrogen) atoms. The predicted octanol–water partition coefficient (Wildman–Crippen LogP) is 3.56. The average Bonchev–Trinajstić information content (AvgIpc) is 2.15. The first-order chi connectivity index (χ1) is 7.41. The van der Waals surface area contributed by atoms with Gasteiger partial charge in [0.1, 0.15) is 0 Å². The fourth-order valence-electron chi connectivity index (χ4n) is 1.78. The van der Waals surface area contributed by atoms with Crippen molar-refractivity contribution in [2.45, 2.75) is 26.8 Å². The van der Waals surface area contributed by atoms with E-state index in [9.17, 15) is 0 Å². The van der Waals surface area contributed by atoms with Gasteiger partial charge in [0.2, 0.25) is 0 Å². The van der Waals surface area contributed by atoms with Gasteiger partial charge in [0, 0.05) is 29.8 Å². The molecule has 3 heteroatoms. The molecule has 0 spiro atoms. The van der Waals surface area contributed by atoms with E-state index in [-0.39, 0.29) is 6.04 Å². The van der Waals surface area contributed by atoms with Crippen molar-refractivity contribution in [2.24, 2.45) is 11.7 Å². The minimum Gasteiger partial charge on any atom is -0.374 e. The van der Waals surface area contributed by atoms with E-state index in [1.807, 2.05) is 6.92 Å². The van der Waals surface area contributed by atoms with Gasteiger partial charge in [-0.2, -0.15) is 0 Å². The Kier molecular flexibility index (Phi) is 4.81. The first-order valence-corrected chi connectivity index (χ1v) is 6.47. The molecule has 2 N–H and O–H groups in total. The second-order valence-electron chi connectivity index (χ2n) is 4.77. The fourth-order valence-corrected chi connectivity index (χ4v) is 2.50. The molecule has 0 aliphatic carbocycles. The molecule has 0 bridgehead atoms. The van der Waals surface area contributed by atoms with Gasteiger partial charge in [-0.3, -0.25) is 0 Å². The van der Waals surface area contributed by atoms with E-state index < -0.39 is 0 Å². The Morgan fingerprint density at radius 1 is 1.31 bits per heavy atom. The molecule has 0 fully saturated rings. The van der Waals surface area contributed by atoms with Crippen LogP contribution in [0.25, 0.3) is 0 Å². The van der Waals surface area contributed by atoms with Gasteiger partial charge in [0.15, 0.2) is 0 Å². The minimum atomic E-state index is 0.0684. The van der Waals surface area contributed by atoms with Crippen LogP contribution in [-0.2, 0) is 0 Å². The van der Waals surface area contributed by atoms with Crippen molar-refractivity contribution in [1.82, 2.24) is 0 Å².